The van der Waals surface area contributed by atoms with Crippen molar-refractivity contribution in [3.63, 3.8) is 0 Å². The third-order valence-corrected chi connectivity index (χ3v) is 4.73. The van der Waals surface area contributed by atoms with E-state index in [1.165, 1.54) is 0 Å². The van der Waals surface area contributed by atoms with Crippen molar-refractivity contribution >= 4 is 22.8 Å². The van der Waals surface area contributed by atoms with E-state index in [-0.39, 0.29) is 5.78 Å². The molecule has 1 radical (unpaired) electrons. The third-order valence-electron chi connectivity index (χ3n) is 4.73. The average Bonchev–Trinajstić information content (AvgIpc) is 2.55. The fourth-order valence-corrected chi connectivity index (χ4v) is 3.44. The number of hydrogen-bond acceptors (Lipinski definition) is 3. The third kappa shape index (κ3) is 2.81. The van der Waals surface area contributed by atoms with Crippen LogP contribution in [0.5, 0.6) is 0 Å². The first kappa shape index (κ1) is 14.9. The van der Waals surface area contributed by atoms with Crippen molar-refractivity contribution in [3.8, 4) is 0 Å². The van der Waals surface area contributed by atoms with Gasteiger partial charge in [-0.2, -0.15) is 0 Å². The number of ketones is 1. The van der Waals surface area contributed by atoms with E-state index in [4.69, 9.17) is 5.73 Å². The Kier molecular flexibility index (Phi) is 4.08. The molecule has 22 heavy (non-hydrogen) atoms. The van der Waals surface area contributed by atoms with Crippen LogP contribution >= 0.6 is 0 Å². The molecule has 0 aromatic heterocycles. The van der Waals surface area contributed by atoms with E-state index in [1.807, 2.05) is 48.8 Å². The Labute approximate surface area is 130 Å². The lowest BCUT2D eigenvalue weighted by molar-refractivity contribution is -0.124. The molecule has 2 aromatic rings. The highest BCUT2D eigenvalue weighted by atomic mass is 16.1. The predicted octanol–water partition coefficient (Wildman–Crippen LogP) is 2.95. The minimum atomic E-state index is -1.09. The summed E-state index contributed by atoms with van der Waals surface area (Å²) in [5, 5.41) is 2.28. The van der Waals surface area contributed by atoms with E-state index < -0.39 is 11.5 Å². The zero-order valence-electron chi connectivity index (χ0n) is 12.5. The van der Waals surface area contributed by atoms with Crippen LogP contribution in [0.1, 0.15) is 31.2 Å². The molecule has 1 fully saturated rings. The van der Waals surface area contributed by atoms with Crippen molar-refractivity contribution < 1.29 is 9.59 Å². The second-order valence-corrected chi connectivity index (χ2v) is 6.27. The molecular formula is C19H20NO2. The van der Waals surface area contributed by atoms with Gasteiger partial charge in [-0.05, 0) is 29.2 Å². The van der Waals surface area contributed by atoms with Gasteiger partial charge >= 0.3 is 0 Å². The van der Waals surface area contributed by atoms with Gasteiger partial charge in [0.1, 0.15) is 5.78 Å². The summed E-state index contributed by atoms with van der Waals surface area (Å²) in [5.41, 5.74) is 5.99. The zero-order valence-corrected chi connectivity index (χ0v) is 12.5. The maximum atomic E-state index is 12.6. The van der Waals surface area contributed by atoms with Crippen LogP contribution in [0.25, 0.3) is 10.8 Å². The fraction of sp³-hybridized carbons (Fsp3) is 0.368. The van der Waals surface area contributed by atoms with E-state index in [2.05, 4.69) is 0 Å². The molecule has 2 unspecified atom stereocenters. The average molecular weight is 294 g/mol. The van der Waals surface area contributed by atoms with Crippen LogP contribution in [0.15, 0.2) is 42.5 Å². The number of benzene rings is 2. The highest BCUT2D eigenvalue weighted by molar-refractivity contribution is 5.90. The zero-order chi connectivity index (χ0) is 15.6. The van der Waals surface area contributed by atoms with Crippen molar-refractivity contribution in [1.29, 1.82) is 0 Å². The Morgan fingerprint density at radius 1 is 1.18 bits per heavy atom. The minimum Gasteiger partial charge on any atom is -0.318 e. The molecule has 1 saturated carbocycles. The number of Topliss-reactive ketones (excluding diaryl/α,β-unsaturated/α-hetero) is 1. The predicted molar refractivity (Wildman–Crippen MR) is 87.2 cm³/mol. The van der Waals surface area contributed by atoms with Crippen molar-refractivity contribution in [2.75, 3.05) is 0 Å². The Bertz CT molecular complexity index is 709. The van der Waals surface area contributed by atoms with Crippen LogP contribution in [-0.2, 0) is 16.0 Å². The van der Waals surface area contributed by atoms with E-state index in [1.54, 1.807) is 0 Å². The summed E-state index contributed by atoms with van der Waals surface area (Å²) in [6.07, 6.45) is 5.36. The smallest absolute Gasteiger partial charge is 0.220 e. The van der Waals surface area contributed by atoms with Crippen molar-refractivity contribution in [3.05, 3.63) is 48.0 Å². The number of nitrogens with two attached hydrogens (primary N) is 1. The van der Waals surface area contributed by atoms with E-state index in [9.17, 15) is 9.59 Å². The SMILES string of the molecule is NC1([C]=O)CCCCC1C(=O)Cc1ccc2ccccc2c1. The Balaban J connectivity index is 1.81. The van der Waals surface area contributed by atoms with Gasteiger partial charge in [0, 0.05) is 12.3 Å². The number of hydrogen-bond donors (Lipinski definition) is 1. The first-order valence-electron chi connectivity index (χ1n) is 7.81. The summed E-state index contributed by atoms with van der Waals surface area (Å²) in [6.45, 7) is 0. The number of carbonyl (C=O) groups excluding carboxylic acids is 2. The van der Waals surface area contributed by atoms with Crippen molar-refractivity contribution in [2.45, 2.75) is 37.6 Å². The summed E-state index contributed by atoms with van der Waals surface area (Å²) in [4.78, 5) is 23.8. The molecule has 3 heteroatoms. The highest BCUT2D eigenvalue weighted by Gasteiger charge is 2.41. The van der Waals surface area contributed by atoms with Crippen molar-refractivity contribution in [1.82, 2.24) is 0 Å². The van der Waals surface area contributed by atoms with E-state index in [0.29, 0.717) is 19.3 Å². The van der Waals surface area contributed by atoms with Gasteiger partial charge in [0.15, 0.2) is 0 Å². The molecule has 3 rings (SSSR count). The highest BCUT2D eigenvalue weighted by Crippen LogP contribution is 2.32. The summed E-state index contributed by atoms with van der Waals surface area (Å²) < 4.78 is 0. The molecule has 2 aromatic carbocycles. The van der Waals surface area contributed by atoms with Gasteiger partial charge in [-0.3, -0.25) is 9.59 Å². The summed E-state index contributed by atoms with van der Waals surface area (Å²) in [7, 11) is 0. The Hall–Kier alpha value is -2.00. The molecule has 3 nitrogen and oxygen atoms in total. The fourth-order valence-electron chi connectivity index (χ4n) is 3.44. The lowest BCUT2D eigenvalue weighted by Gasteiger charge is -2.35. The maximum absolute atomic E-state index is 12.6. The molecule has 0 saturated heterocycles. The molecule has 1 aliphatic rings. The summed E-state index contributed by atoms with van der Waals surface area (Å²) in [6, 6.07) is 14.1. The molecule has 0 amide bonds. The van der Waals surface area contributed by atoms with E-state index in [0.717, 1.165) is 29.2 Å². The van der Waals surface area contributed by atoms with Gasteiger partial charge in [-0.25, -0.2) is 0 Å². The van der Waals surface area contributed by atoms with Crippen molar-refractivity contribution in [2.24, 2.45) is 11.7 Å². The largest absolute Gasteiger partial charge is 0.318 e. The lowest BCUT2D eigenvalue weighted by atomic mass is 9.71. The second kappa shape index (κ2) is 6.01. The maximum Gasteiger partial charge on any atom is 0.220 e. The lowest BCUT2D eigenvalue weighted by Crippen LogP contribution is -2.53. The van der Waals surface area contributed by atoms with E-state index >= 15 is 0 Å². The Morgan fingerprint density at radius 2 is 1.95 bits per heavy atom. The van der Waals surface area contributed by atoms with Crippen LogP contribution in [0.4, 0.5) is 0 Å². The van der Waals surface area contributed by atoms with Crippen LogP contribution in [-0.4, -0.2) is 17.6 Å². The molecule has 0 bridgehead atoms. The molecule has 1 aliphatic carbocycles. The second-order valence-electron chi connectivity index (χ2n) is 6.27. The molecule has 0 heterocycles. The van der Waals surface area contributed by atoms with Crippen LogP contribution in [0.3, 0.4) is 0 Å². The van der Waals surface area contributed by atoms with Gasteiger partial charge in [0.05, 0.1) is 5.54 Å². The van der Waals surface area contributed by atoms with Gasteiger partial charge in [0.25, 0.3) is 0 Å². The van der Waals surface area contributed by atoms with Crippen LogP contribution in [0.2, 0.25) is 0 Å². The number of carbonyl (C=O) groups is 1. The van der Waals surface area contributed by atoms with Gasteiger partial charge in [-0.15, -0.1) is 0 Å². The number of rotatable bonds is 4. The topological polar surface area (TPSA) is 60.2 Å². The first-order valence-corrected chi connectivity index (χ1v) is 7.81. The minimum absolute atomic E-state index is 0.0563. The molecular weight excluding hydrogens is 274 g/mol. The summed E-state index contributed by atoms with van der Waals surface area (Å²) in [5.74, 6) is -0.342. The normalized spacial score (nSPS) is 25.0. The quantitative estimate of drug-likeness (QED) is 0.943. The molecule has 0 spiro atoms. The summed E-state index contributed by atoms with van der Waals surface area (Å²) >= 11 is 0. The van der Waals surface area contributed by atoms with Gasteiger partial charge in [0.2, 0.25) is 6.29 Å². The van der Waals surface area contributed by atoms with Crippen LogP contribution < -0.4 is 5.73 Å². The monoisotopic (exact) mass is 294 g/mol. The standard InChI is InChI=1S/C19H20NO2/c20-19(13-21)10-4-3-7-17(19)18(22)12-14-8-9-15-5-1-2-6-16(15)11-14/h1-2,5-6,8-9,11,17H,3-4,7,10,12,20H2. The van der Waals surface area contributed by atoms with Crippen LogP contribution in [0, 0.1) is 5.92 Å². The molecule has 113 valence electrons. The van der Waals surface area contributed by atoms with Gasteiger partial charge < -0.3 is 5.73 Å². The molecule has 2 N–H and O–H groups in total. The molecule has 0 aliphatic heterocycles. The Morgan fingerprint density at radius 3 is 2.73 bits per heavy atom. The first-order chi connectivity index (χ1) is 10.6. The number of fused-ring (bicyclic) bond motifs is 1. The van der Waals surface area contributed by atoms with Gasteiger partial charge in [-0.1, -0.05) is 55.3 Å². The molecule has 2 atom stereocenters.